The molecule has 0 unspecified atom stereocenters. The van der Waals surface area contributed by atoms with Crippen molar-refractivity contribution in [2.24, 2.45) is 11.8 Å². The first-order valence-electron chi connectivity index (χ1n) is 7.83. The number of nitro benzene ring substituents is 1. The largest absolute Gasteiger partial charge is 0.383 e. The highest BCUT2D eigenvalue weighted by Gasteiger charge is 2.29. The molecule has 0 radical (unpaired) electrons. The first-order valence-corrected chi connectivity index (χ1v) is 7.83. The second-order valence-electron chi connectivity index (χ2n) is 6.44. The Morgan fingerprint density at radius 1 is 1.24 bits per heavy atom. The van der Waals surface area contributed by atoms with E-state index in [0.717, 1.165) is 37.0 Å². The molecule has 114 valence electrons. The molecule has 21 heavy (non-hydrogen) atoms. The van der Waals surface area contributed by atoms with Crippen LogP contribution >= 0.6 is 0 Å². The fourth-order valence-corrected chi connectivity index (χ4v) is 2.83. The minimum absolute atomic E-state index is 0.174. The van der Waals surface area contributed by atoms with E-state index in [2.05, 4.69) is 10.2 Å². The highest BCUT2D eigenvalue weighted by atomic mass is 16.6. The average Bonchev–Trinajstić information content (AvgIpc) is 3.35. The van der Waals surface area contributed by atoms with Crippen molar-refractivity contribution in [2.75, 3.05) is 25.5 Å². The molecule has 0 spiro atoms. The molecule has 0 saturated heterocycles. The average molecular weight is 289 g/mol. The van der Waals surface area contributed by atoms with Crippen molar-refractivity contribution in [3.8, 4) is 0 Å². The summed E-state index contributed by atoms with van der Waals surface area (Å²) < 4.78 is 0. The van der Waals surface area contributed by atoms with Gasteiger partial charge in [0.05, 0.1) is 4.92 Å². The second-order valence-corrected chi connectivity index (χ2v) is 6.44. The zero-order valence-electron chi connectivity index (χ0n) is 12.5. The summed E-state index contributed by atoms with van der Waals surface area (Å²) in [7, 11) is 1.72. The van der Waals surface area contributed by atoms with E-state index in [1.165, 1.54) is 25.7 Å². The summed E-state index contributed by atoms with van der Waals surface area (Å²) in [6.07, 6.45) is 5.39. The third kappa shape index (κ3) is 3.94. The van der Waals surface area contributed by atoms with Gasteiger partial charge in [-0.1, -0.05) is 6.07 Å². The molecule has 0 atom stereocenters. The monoisotopic (exact) mass is 289 g/mol. The Hall–Kier alpha value is -1.62. The predicted molar refractivity (Wildman–Crippen MR) is 83.4 cm³/mol. The molecule has 5 nitrogen and oxygen atoms in total. The van der Waals surface area contributed by atoms with Gasteiger partial charge in [0.2, 0.25) is 0 Å². The zero-order valence-corrected chi connectivity index (χ0v) is 12.5. The SMILES string of the molecule is CNc1ccc(CN(CC2CC2)CC2CC2)cc1[N+](=O)[O-]. The van der Waals surface area contributed by atoms with Crippen LogP contribution in [0.1, 0.15) is 31.2 Å². The minimum atomic E-state index is -0.304. The summed E-state index contributed by atoms with van der Waals surface area (Å²) in [5.41, 5.74) is 1.80. The van der Waals surface area contributed by atoms with E-state index in [1.807, 2.05) is 12.1 Å². The molecule has 0 bridgehead atoms. The van der Waals surface area contributed by atoms with Gasteiger partial charge >= 0.3 is 0 Å². The Labute approximate surface area is 125 Å². The van der Waals surface area contributed by atoms with Crippen LogP contribution in [0.3, 0.4) is 0 Å². The van der Waals surface area contributed by atoms with Crippen LogP contribution in [0.5, 0.6) is 0 Å². The molecule has 0 aliphatic heterocycles. The van der Waals surface area contributed by atoms with Gasteiger partial charge in [-0.3, -0.25) is 15.0 Å². The summed E-state index contributed by atoms with van der Waals surface area (Å²) in [4.78, 5) is 13.3. The molecule has 2 aliphatic carbocycles. The fraction of sp³-hybridized carbons (Fsp3) is 0.625. The minimum Gasteiger partial charge on any atom is -0.383 e. The first-order chi connectivity index (χ1) is 10.2. The molecule has 0 aromatic heterocycles. The van der Waals surface area contributed by atoms with Crippen molar-refractivity contribution in [2.45, 2.75) is 32.2 Å². The smallest absolute Gasteiger partial charge is 0.292 e. The fourth-order valence-electron chi connectivity index (χ4n) is 2.83. The van der Waals surface area contributed by atoms with Crippen LogP contribution in [0.15, 0.2) is 18.2 Å². The van der Waals surface area contributed by atoms with Gasteiger partial charge in [0.1, 0.15) is 5.69 Å². The van der Waals surface area contributed by atoms with E-state index in [4.69, 9.17) is 0 Å². The first kappa shape index (κ1) is 14.3. The number of hydrogen-bond acceptors (Lipinski definition) is 4. The molecule has 0 amide bonds. The Bertz CT molecular complexity index is 510. The zero-order chi connectivity index (χ0) is 14.8. The Balaban J connectivity index is 1.71. The highest BCUT2D eigenvalue weighted by molar-refractivity contribution is 5.62. The van der Waals surface area contributed by atoms with Gasteiger partial charge < -0.3 is 5.32 Å². The van der Waals surface area contributed by atoms with Crippen molar-refractivity contribution in [1.82, 2.24) is 4.90 Å². The number of benzene rings is 1. The van der Waals surface area contributed by atoms with Gasteiger partial charge in [-0.15, -0.1) is 0 Å². The lowest BCUT2D eigenvalue weighted by atomic mass is 10.1. The van der Waals surface area contributed by atoms with Gasteiger partial charge in [-0.25, -0.2) is 0 Å². The van der Waals surface area contributed by atoms with Crippen LogP contribution in [-0.2, 0) is 6.54 Å². The number of anilines is 1. The third-order valence-electron chi connectivity index (χ3n) is 4.36. The van der Waals surface area contributed by atoms with E-state index >= 15 is 0 Å². The second kappa shape index (κ2) is 6.02. The number of nitrogens with zero attached hydrogens (tertiary/aromatic N) is 2. The van der Waals surface area contributed by atoms with E-state index in [1.54, 1.807) is 13.1 Å². The van der Waals surface area contributed by atoms with Gasteiger partial charge in [-0.2, -0.15) is 0 Å². The van der Waals surface area contributed by atoms with Crippen molar-refractivity contribution in [3.63, 3.8) is 0 Å². The predicted octanol–water partition coefficient (Wildman–Crippen LogP) is 3.26. The standard InChI is InChI=1S/C16H23N3O2/c1-17-15-7-6-14(8-16(15)19(20)21)11-18(9-12-2-3-12)10-13-4-5-13/h6-8,12-13,17H,2-5,9-11H2,1H3. The number of rotatable bonds is 8. The van der Waals surface area contributed by atoms with Gasteiger partial charge in [0.25, 0.3) is 5.69 Å². The van der Waals surface area contributed by atoms with Crippen LogP contribution in [0, 0.1) is 22.0 Å². The van der Waals surface area contributed by atoms with Crippen molar-refractivity contribution in [1.29, 1.82) is 0 Å². The van der Waals surface area contributed by atoms with Crippen LogP contribution in [0.25, 0.3) is 0 Å². The molecule has 2 saturated carbocycles. The van der Waals surface area contributed by atoms with E-state index < -0.39 is 0 Å². The Morgan fingerprint density at radius 3 is 2.33 bits per heavy atom. The van der Waals surface area contributed by atoms with Gasteiger partial charge in [0.15, 0.2) is 0 Å². The summed E-state index contributed by atoms with van der Waals surface area (Å²) in [5, 5.41) is 14.0. The summed E-state index contributed by atoms with van der Waals surface area (Å²) in [5.74, 6) is 1.71. The lowest BCUT2D eigenvalue weighted by molar-refractivity contribution is -0.384. The van der Waals surface area contributed by atoms with Crippen LogP contribution in [-0.4, -0.2) is 30.0 Å². The van der Waals surface area contributed by atoms with Gasteiger partial charge in [0, 0.05) is 32.7 Å². The highest BCUT2D eigenvalue weighted by Crippen LogP contribution is 2.34. The maximum absolute atomic E-state index is 11.1. The normalized spacial score (nSPS) is 18.0. The van der Waals surface area contributed by atoms with E-state index in [-0.39, 0.29) is 10.6 Å². The number of hydrogen-bond donors (Lipinski definition) is 1. The molecule has 1 aromatic carbocycles. The molecular weight excluding hydrogens is 266 g/mol. The molecule has 1 aromatic rings. The molecule has 3 rings (SSSR count). The van der Waals surface area contributed by atoms with Crippen LogP contribution in [0.2, 0.25) is 0 Å². The number of nitrogens with one attached hydrogen (secondary N) is 1. The van der Waals surface area contributed by atoms with Crippen LogP contribution < -0.4 is 5.32 Å². The van der Waals surface area contributed by atoms with E-state index in [0.29, 0.717) is 5.69 Å². The molecule has 2 aliphatic rings. The summed E-state index contributed by atoms with van der Waals surface area (Å²) in [6.45, 7) is 3.13. The topological polar surface area (TPSA) is 58.4 Å². The molecule has 0 heterocycles. The molecule has 1 N–H and O–H groups in total. The quantitative estimate of drug-likeness (QED) is 0.589. The summed E-state index contributed by atoms with van der Waals surface area (Å²) in [6, 6.07) is 5.55. The summed E-state index contributed by atoms with van der Waals surface area (Å²) >= 11 is 0. The Kier molecular flexibility index (Phi) is 4.10. The van der Waals surface area contributed by atoms with Crippen molar-refractivity contribution in [3.05, 3.63) is 33.9 Å². The van der Waals surface area contributed by atoms with Crippen molar-refractivity contribution >= 4 is 11.4 Å². The lowest BCUT2D eigenvalue weighted by Crippen LogP contribution is -2.27. The van der Waals surface area contributed by atoms with Crippen LogP contribution in [0.4, 0.5) is 11.4 Å². The maximum Gasteiger partial charge on any atom is 0.292 e. The third-order valence-corrected chi connectivity index (χ3v) is 4.36. The number of nitro groups is 1. The molecule has 2 fully saturated rings. The lowest BCUT2D eigenvalue weighted by Gasteiger charge is -2.22. The Morgan fingerprint density at radius 2 is 1.86 bits per heavy atom. The molecule has 5 heteroatoms. The maximum atomic E-state index is 11.1. The molecular formula is C16H23N3O2. The van der Waals surface area contributed by atoms with Crippen molar-refractivity contribution < 1.29 is 4.92 Å². The van der Waals surface area contributed by atoms with E-state index in [9.17, 15) is 10.1 Å². The van der Waals surface area contributed by atoms with Gasteiger partial charge in [-0.05, 0) is 49.1 Å².